The molecule has 0 unspecified atom stereocenters. The molecule has 0 fully saturated rings. The van der Waals surface area contributed by atoms with Crippen LogP contribution in [0.3, 0.4) is 0 Å². The van der Waals surface area contributed by atoms with Gasteiger partial charge in [-0.05, 0) is 57.2 Å². The minimum Gasteiger partial charge on any atom is -0.336 e. The van der Waals surface area contributed by atoms with Crippen LogP contribution >= 0.6 is 0 Å². The summed E-state index contributed by atoms with van der Waals surface area (Å²) in [5.41, 5.74) is 0.635. The molecule has 6 nitrogen and oxygen atoms in total. The van der Waals surface area contributed by atoms with Crippen LogP contribution in [0.5, 0.6) is 0 Å². The van der Waals surface area contributed by atoms with Crippen LogP contribution in [0.15, 0.2) is 53.6 Å². The third-order valence-corrected chi connectivity index (χ3v) is 5.10. The van der Waals surface area contributed by atoms with Crippen molar-refractivity contribution in [1.29, 1.82) is 0 Å². The first-order valence-electron chi connectivity index (χ1n) is 7.88. The molecule has 0 saturated carbocycles. The van der Waals surface area contributed by atoms with Gasteiger partial charge in [-0.25, -0.2) is 13.1 Å². The summed E-state index contributed by atoms with van der Waals surface area (Å²) in [6.45, 7) is 5.70. The van der Waals surface area contributed by atoms with Crippen molar-refractivity contribution in [1.82, 2.24) is 14.6 Å². The quantitative estimate of drug-likeness (QED) is 0.887. The maximum Gasteiger partial charge on any atom is 0.253 e. The van der Waals surface area contributed by atoms with Gasteiger partial charge in [-0.3, -0.25) is 9.78 Å². The number of aromatic nitrogens is 1. The van der Waals surface area contributed by atoms with Crippen molar-refractivity contribution < 1.29 is 13.2 Å². The first-order chi connectivity index (χ1) is 11.6. The highest BCUT2D eigenvalue weighted by Gasteiger charge is 2.22. The summed E-state index contributed by atoms with van der Waals surface area (Å²) in [5.74, 6) is -0.196. The van der Waals surface area contributed by atoms with Crippen LogP contribution in [0.1, 0.15) is 36.8 Å². The third-order valence-electron chi connectivity index (χ3n) is 3.32. The lowest BCUT2D eigenvalue weighted by Gasteiger charge is -2.20. The van der Waals surface area contributed by atoms with Gasteiger partial charge in [0.2, 0.25) is 10.0 Å². The van der Waals surface area contributed by atoms with Gasteiger partial charge in [-0.2, -0.15) is 0 Å². The fraction of sp³-hybridized carbons (Fsp3) is 0.333. The summed E-state index contributed by atoms with van der Waals surface area (Å²) < 4.78 is 27.2. The van der Waals surface area contributed by atoms with Crippen molar-refractivity contribution in [3.63, 3.8) is 0 Å². The number of carbonyl (C=O) groups is 1. The smallest absolute Gasteiger partial charge is 0.253 e. The van der Waals surface area contributed by atoms with Gasteiger partial charge >= 0.3 is 0 Å². The van der Waals surface area contributed by atoms with Gasteiger partial charge in [0.15, 0.2) is 0 Å². The minimum atomic E-state index is -3.61. The van der Waals surface area contributed by atoms with Crippen molar-refractivity contribution in [2.24, 2.45) is 0 Å². The number of hydrogen-bond acceptors (Lipinski definition) is 4. The molecular weight excluding hydrogens is 338 g/mol. The van der Waals surface area contributed by atoms with Crippen LogP contribution in [0, 0.1) is 0 Å². The Morgan fingerprint density at radius 1 is 1.12 bits per heavy atom. The van der Waals surface area contributed by atoms with Gasteiger partial charge in [0, 0.05) is 24.3 Å². The number of nitrogens with zero attached hydrogens (tertiary/aromatic N) is 2. The second-order valence-electron chi connectivity index (χ2n) is 6.86. The second kappa shape index (κ2) is 7.33. The zero-order valence-electron chi connectivity index (χ0n) is 14.9. The van der Waals surface area contributed by atoms with E-state index in [0.717, 1.165) is 5.69 Å². The highest BCUT2D eigenvalue weighted by atomic mass is 32.2. The molecule has 1 aromatic heterocycles. The molecule has 1 heterocycles. The van der Waals surface area contributed by atoms with Crippen molar-refractivity contribution in [3.8, 4) is 0 Å². The SMILES string of the molecule is CN(Cc1ccccn1)C(=O)c1ccc(S(=O)(=O)NC(C)(C)C)cc1. The summed E-state index contributed by atoms with van der Waals surface area (Å²) in [6, 6.07) is 11.4. The molecule has 0 aliphatic rings. The van der Waals surface area contributed by atoms with E-state index >= 15 is 0 Å². The predicted molar refractivity (Wildman–Crippen MR) is 96.6 cm³/mol. The monoisotopic (exact) mass is 361 g/mol. The fourth-order valence-electron chi connectivity index (χ4n) is 2.27. The maximum atomic E-state index is 12.5. The Labute approximate surface area is 148 Å². The van der Waals surface area contributed by atoms with Gasteiger partial charge in [0.1, 0.15) is 0 Å². The van der Waals surface area contributed by atoms with Crippen LogP contribution in [-0.4, -0.2) is 36.8 Å². The molecule has 7 heteroatoms. The first-order valence-corrected chi connectivity index (χ1v) is 9.36. The zero-order valence-corrected chi connectivity index (χ0v) is 15.7. The van der Waals surface area contributed by atoms with E-state index < -0.39 is 15.6 Å². The number of rotatable bonds is 5. The highest BCUT2D eigenvalue weighted by molar-refractivity contribution is 7.89. The van der Waals surface area contributed by atoms with Gasteiger partial charge < -0.3 is 4.90 Å². The number of benzene rings is 1. The molecule has 2 rings (SSSR count). The summed E-state index contributed by atoms with van der Waals surface area (Å²) in [5, 5.41) is 0. The van der Waals surface area contributed by atoms with Crippen LogP contribution in [0.4, 0.5) is 0 Å². The third kappa shape index (κ3) is 5.37. The Kier molecular flexibility index (Phi) is 5.59. The molecule has 2 aromatic rings. The summed E-state index contributed by atoms with van der Waals surface area (Å²) in [6.07, 6.45) is 1.68. The topological polar surface area (TPSA) is 79.4 Å². The molecule has 0 radical (unpaired) electrons. The summed E-state index contributed by atoms with van der Waals surface area (Å²) >= 11 is 0. The fourth-order valence-corrected chi connectivity index (χ4v) is 3.68. The molecule has 1 aromatic carbocycles. The molecule has 0 saturated heterocycles. The molecule has 0 bridgehead atoms. The molecular formula is C18H23N3O3S. The molecule has 1 N–H and O–H groups in total. The summed E-state index contributed by atoms with van der Waals surface area (Å²) in [7, 11) is -1.93. The Morgan fingerprint density at radius 3 is 2.28 bits per heavy atom. The van der Waals surface area contributed by atoms with Crippen LogP contribution < -0.4 is 4.72 Å². The van der Waals surface area contributed by atoms with Crippen LogP contribution in [0.2, 0.25) is 0 Å². The normalized spacial score (nSPS) is 12.0. The van der Waals surface area contributed by atoms with Crippen molar-refractivity contribution in [3.05, 3.63) is 59.9 Å². The van der Waals surface area contributed by atoms with Crippen molar-refractivity contribution in [2.75, 3.05) is 7.05 Å². The minimum absolute atomic E-state index is 0.131. The number of amides is 1. The van der Waals surface area contributed by atoms with Crippen LogP contribution in [-0.2, 0) is 16.6 Å². The zero-order chi connectivity index (χ0) is 18.7. The van der Waals surface area contributed by atoms with E-state index in [1.807, 2.05) is 18.2 Å². The Balaban J connectivity index is 2.12. The van der Waals surface area contributed by atoms with Crippen molar-refractivity contribution in [2.45, 2.75) is 37.8 Å². The van der Waals surface area contributed by atoms with Gasteiger partial charge in [-0.15, -0.1) is 0 Å². The molecule has 25 heavy (non-hydrogen) atoms. The molecule has 0 aliphatic carbocycles. The average Bonchev–Trinajstić information content (AvgIpc) is 2.53. The largest absolute Gasteiger partial charge is 0.336 e. The molecule has 0 atom stereocenters. The van der Waals surface area contributed by atoms with E-state index in [1.165, 1.54) is 24.3 Å². The number of pyridine rings is 1. The van der Waals surface area contributed by atoms with E-state index in [2.05, 4.69) is 9.71 Å². The van der Waals surface area contributed by atoms with Gasteiger partial charge in [0.25, 0.3) is 5.91 Å². The van der Waals surface area contributed by atoms with E-state index in [4.69, 9.17) is 0 Å². The van der Waals surface area contributed by atoms with E-state index in [1.54, 1.807) is 38.9 Å². The highest BCUT2D eigenvalue weighted by Crippen LogP contribution is 2.15. The Morgan fingerprint density at radius 2 is 1.76 bits per heavy atom. The average molecular weight is 361 g/mol. The lowest BCUT2D eigenvalue weighted by molar-refractivity contribution is 0.0783. The lowest BCUT2D eigenvalue weighted by atomic mass is 10.1. The van der Waals surface area contributed by atoms with Crippen molar-refractivity contribution >= 4 is 15.9 Å². The first kappa shape index (κ1) is 19.1. The van der Waals surface area contributed by atoms with Crippen LogP contribution in [0.25, 0.3) is 0 Å². The molecule has 0 spiro atoms. The number of sulfonamides is 1. The lowest BCUT2D eigenvalue weighted by Crippen LogP contribution is -2.40. The van der Waals surface area contributed by atoms with Gasteiger partial charge in [-0.1, -0.05) is 6.07 Å². The van der Waals surface area contributed by atoms with E-state index in [0.29, 0.717) is 12.1 Å². The van der Waals surface area contributed by atoms with Gasteiger partial charge in [0.05, 0.1) is 17.1 Å². The molecule has 1 amide bonds. The second-order valence-corrected chi connectivity index (χ2v) is 8.54. The molecule has 134 valence electrons. The predicted octanol–water partition coefficient (Wildman–Crippen LogP) is 2.43. The summed E-state index contributed by atoms with van der Waals surface area (Å²) in [4.78, 5) is 18.3. The Hall–Kier alpha value is -2.25. The Bertz CT molecular complexity index is 826. The number of carbonyl (C=O) groups excluding carboxylic acids is 1. The number of nitrogens with one attached hydrogen (secondary N) is 1. The van der Waals surface area contributed by atoms with E-state index in [9.17, 15) is 13.2 Å². The molecule has 0 aliphatic heterocycles. The van der Waals surface area contributed by atoms with E-state index in [-0.39, 0.29) is 10.8 Å². The maximum absolute atomic E-state index is 12.5. The standard InChI is InChI=1S/C18H23N3O3S/c1-18(2,3)20-25(23,24)16-10-8-14(9-11-16)17(22)21(4)13-15-7-5-6-12-19-15/h5-12,20H,13H2,1-4H3. The number of hydrogen-bond donors (Lipinski definition) is 1.